The average molecular weight is 207 g/mol. The average Bonchev–Trinajstić information content (AvgIpc) is 2.09. The molecular formula is C8H15F2N3O. The molecule has 1 unspecified atom stereocenters. The molecule has 0 aromatic heterocycles. The van der Waals surface area contributed by atoms with Gasteiger partial charge in [-0.05, 0) is 6.92 Å². The van der Waals surface area contributed by atoms with Gasteiger partial charge in [0.1, 0.15) is 0 Å². The fourth-order valence-corrected chi connectivity index (χ4v) is 1.67. The number of rotatable bonds is 2. The first kappa shape index (κ1) is 11.2. The summed E-state index contributed by atoms with van der Waals surface area (Å²) in [6, 6.07) is -0.237. The lowest BCUT2D eigenvalue weighted by Gasteiger charge is -2.36. The van der Waals surface area contributed by atoms with Gasteiger partial charge in [-0.3, -0.25) is 4.90 Å². The molecular weight excluding hydrogens is 192 g/mol. The molecule has 1 fully saturated rings. The first-order valence-corrected chi connectivity index (χ1v) is 4.53. The summed E-state index contributed by atoms with van der Waals surface area (Å²) in [5.74, 6) is -2.51. The third kappa shape index (κ3) is 2.80. The zero-order valence-corrected chi connectivity index (χ0v) is 8.08. The number of amidine groups is 1. The fourth-order valence-electron chi connectivity index (χ4n) is 1.67. The highest BCUT2D eigenvalue weighted by Crippen LogP contribution is 2.31. The first-order chi connectivity index (χ1) is 6.44. The van der Waals surface area contributed by atoms with Crippen LogP contribution in [0.4, 0.5) is 8.78 Å². The largest absolute Gasteiger partial charge is 0.409 e. The van der Waals surface area contributed by atoms with Gasteiger partial charge in [0.15, 0.2) is 5.84 Å². The van der Waals surface area contributed by atoms with Crippen molar-refractivity contribution >= 4 is 5.84 Å². The molecule has 0 radical (unpaired) electrons. The monoisotopic (exact) mass is 207 g/mol. The Bertz CT molecular complexity index is 233. The molecule has 0 bridgehead atoms. The van der Waals surface area contributed by atoms with Gasteiger partial charge in [-0.25, -0.2) is 8.78 Å². The topological polar surface area (TPSA) is 61.8 Å². The summed E-state index contributed by atoms with van der Waals surface area (Å²) >= 11 is 0. The molecule has 1 rings (SSSR count). The number of piperidine rings is 1. The summed E-state index contributed by atoms with van der Waals surface area (Å²) in [6.45, 7) is 2.25. The lowest BCUT2D eigenvalue weighted by molar-refractivity contribution is -0.0712. The van der Waals surface area contributed by atoms with Crippen LogP contribution in [-0.4, -0.2) is 41.0 Å². The standard InChI is InChI=1S/C8H15F2N3O/c1-6-4-8(9,10)2-3-13(6)5-7(11)12-14/h6,14H,2-5H2,1H3,(H2,11,12). The molecule has 14 heavy (non-hydrogen) atoms. The normalized spacial score (nSPS) is 29.1. The third-order valence-electron chi connectivity index (χ3n) is 2.48. The summed E-state index contributed by atoms with van der Waals surface area (Å²) in [4.78, 5) is 1.78. The van der Waals surface area contributed by atoms with Gasteiger partial charge in [-0.15, -0.1) is 0 Å². The number of hydrogen-bond donors (Lipinski definition) is 2. The van der Waals surface area contributed by atoms with E-state index in [-0.39, 0.29) is 37.8 Å². The minimum Gasteiger partial charge on any atom is -0.409 e. The number of likely N-dealkylation sites (tertiary alicyclic amines) is 1. The van der Waals surface area contributed by atoms with Crippen LogP contribution in [0.5, 0.6) is 0 Å². The predicted octanol–water partition coefficient (Wildman–Crippen LogP) is 0.852. The molecule has 1 heterocycles. The van der Waals surface area contributed by atoms with Crippen LogP contribution in [0.1, 0.15) is 19.8 Å². The fraction of sp³-hybridized carbons (Fsp3) is 0.875. The maximum Gasteiger partial charge on any atom is 0.250 e. The van der Waals surface area contributed by atoms with E-state index in [9.17, 15) is 8.78 Å². The molecule has 0 aliphatic carbocycles. The van der Waals surface area contributed by atoms with Crippen molar-refractivity contribution in [3.63, 3.8) is 0 Å². The molecule has 0 aromatic carbocycles. The van der Waals surface area contributed by atoms with Gasteiger partial charge in [0.05, 0.1) is 6.54 Å². The Morgan fingerprint density at radius 1 is 1.71 bits per heavy atom. The van der Waals surface area contributed by atoms with Gasteiger partial charge in [0.2, 0.25) is 0 Å². The van der Waals surface area contributed by atoms with Gasteiger partial charge in [-0.1, -0.05) is 5.16 Å². The molecule has 1 aliphatic heterocycles. The molecule has 82 valence electrons. The zero-order chi connectivity index (χ0) is 10.8. The summed E-state index contributed by atoms with van der Waals surface area (Å²) < 4.78 is 25.8. The Kier molecular flexibility index (Phi) is 3.25. The van der Waals surface area contributed by atoms with Crippen LogP contribution < -0.4 is 5.73 Å². The van der Waals surface area contributed by atoms with E-state index in [4.69, 9.17) is 10.9 Å². The lowest BCUT2D eigenvalue weighted by Crippen LogP contribution is -2.48. The van der Waals surface area contributed by atoms with Crippen LogP contribution in [0.15, 0.2) is 5.16 Å². The molecule has 0 aromatic rings. The maximum absolute atomic E-state index is 12.9. The second kappa shape index (κ2) is 4.08. The van der Waals surface area contributed by atoms with E-state index in [2.05, 4.69) is 5.16 Å². The van der Waals surface area contributed by atoms with Crippen LogP contribution in [0, 0.1) is 0 Å². The third-order valence-corrected chi connectivity index (χ3v) is 2.48. The Hall–Kier alpha value is -0.910. The number of halogens is 2. The minimum atomic E-state index is -2.57. The maximum atomic E-state index is 12.9. The van der Waals surface area contributed by atoms with E-state index in [0.717, 1.165) is 0 Å². The van der Waals surface area contributed by atoms with Gasteiger partial charge < -0.3 is 10.9 Å². The Labute approximate surface area is 81.4 Å². The molecule has 0 saturated carbocycles. The highest BCUT2D eigenvalue weighted by molar-refractivity contribution is 5.81. The highest BCUT2D eigenvalue weighted by atomic mass is 19.3. The molecule has 0 spiro atoms. The Balaban J connectivity index is 2.50. The van der Waals surface area contributed by atoms with Crippen LogP contribution in [0.3, 0.4) is 0 Å². The van der Waals surface area contributed by atoms with Crippen molar-refractivity contribution < 1.29 is 14.0 Å². The molecule has 1 aliphatic rings. The molecule has 6 heteroatoms. The van der Waals surface area contributed by atoms with E-state index < -0.39 is 5.92 Å². The minimum absolute atomic E-state index is 0.0575. The second-order valence-electron chi connectivity index (χ2n) is 3.72. The summed E-state index contributed by atoms with van der Waals surface area (Å²) in [6.07, 6.45) is -0.318. The van der Waals surface area contributed by atoms with E-state index in [1.165, 1.54) is 0 Å². The number of hydrogen-bond acceptors (Lipinski definition) is 3. The van der Waals surface area contributed by atoms with Crippen molar-refractivity contribution in [2.75, 3.05) is 13.1 Å². The summed E-state index contributed by atoms with van der Waals surface area (Å²) in [7, 11) is 0. The van der Waals surface area contributed by atoms with Gasteiger partial charge in [-0.2, -0.15) is 0 Å². The van der Waals surface area contributed by atoms with E-state index in [1.807, 2.05) is 0 Å². The molecule has 4 nitrogen and oxygen atoms in total. The first-order valence-electron chi connectivity index (χ1n) is 4.53. The number of alkyl halides is 2. The van der Waals surface area contributed by atoms with Crippen LogP contribution in [0.25, 0.3) is 0 Å². The van der Waals surface area contributed by atoms with Crippen molar-refractivity contribution in [1.29, 1.82) is 0 Å². The van der Waals surface area contributed by atoms with Gasteiger partial charge >= 0.3 is 0 Å². The van der Waals surface area contributed by atoms with Crippen molar-refractivity contribution in [2.45, 2.75) is 31.7 Å². The van der Waals surface area contributed by atoms with Crippen molar-refractivity contribution in [3.05, 3.63) is 0 Å². The smallest absolute Gasteiger partial charge is 0.250 e. The number of oxime groups is 1. The lowest BCUT2D eigenvalue weighted by atomic mass is 10.00. The second-order valence-corrected chi connectivity index (χ2v) is 3.72. The molecule has 1 saturated heterocycles. The van der Waals surface area contributed by atoms with Crippen molar-refractivity contribution in [2.24, 2.45) is 10.9 Å². The Morgan fingerprint density at radius 3 is 2.86 bits per heavy atom. The summed E-state index contributed by atoms with van der Waals surface area (Å²) in [5, 5.41) is 11.2. The summed E-state index contributed by atoms with van der Waals surface area (Å²) in [5.41, 5.74) is 5.30. The van der Waals surface area contributed by atoms with E-state index in [0.29, 0.717) is 0 Å². The SMILES string of the molecule is CC1CC(F)(F)CCN1C/C(N)=N\O. The van der Waals surface area contributed by atoms with Crippen LogP contribution in [0.2, 0.25) is 0 Å². The number of nitrogens with zero attached hydrogens (tertiary/aromatic N) is 2. The van der Waals surface area contributed by atoms with Crippen LogP contribution >= 0.6 is 0 Å². The van der Waals surface area contributed by atoms with E-state index in [1.54, 1.807) is 11.8 Å². The van der Waals surface area contributed by atoms with E-state index >= 15 is 0 Å². The molecule has 0 amide bonds. The highest BCUT2D eigenvalue weighted by Gasteiger charge is 2.38. The predicted molar refractivity (Wildman–Crippen MR) is 48.6 cm³/mol. The van der Waals surface area contributed by atoms with Gasteiger partial charge in [0.25, 0.3) is 5.92 Å². The van der Waals surface area contributed by atoms with Crippen LogP contribution in [-0.2, 0) is 0 Å². The Morgan fingerprint density at radius 2 is 2.36 bits per heavy atom. The molecule has 1 atom stereocenters. The zero-order valence-electron chi connectivity index (χ0n) is 8.08. The van der Waals surface area contributed by atoms with Crippen molar-refractivity contribution in [1.82, 2.24) is 4.90 Å². The molecule has 3 N–H and O–H groups in total. The number of nitrogens with two attached hydrogens (primary N) is 1. The van der Waals surface area contributed by atoms with Gasteiger partial charge in [0, 0.05) is 25.4 Å². The quantitative estimate of drug-likeness (QED) is 0.305. The van der Waals surface area contributed by atoms with Crippen molar-refractivity contribution in [3.8, 4) is 0 Å².